The maximum atomic E-state index is 12.3. The molecule has 0 aromatic carbocycles. The van der Waals surface area contributed by atoms with Gasteiger partial charge in [0.15, 0.2) is 0 Å². The van der Waals surface area contributed by atoms with Crippen LogP contribution in [0, 0.1) is 0 Å². The SMILES string of the molecule is CN(C(C)(C)CO)S(=O)(=O)c1ccc(CC(=O)O)s1. The van der Waals surface area contributed by atoms with Crippen LogP contribution in [0.3, 0.4) is 0 Å². The molecule has 108 valence electrons. The molecule has 0 aliphatic carbocycles. The minimum absolute atomic E-state index is 0.0766. The van der Waals surface area contributed by atoms with Gasteiger partial charge >= 0.3 is 5.97 Å². The van der Waals surface area contributed by atoms with Gasteiger partial charge < -0.3 is 10.2 Å². The van der Waals surface area contributed by atoms with E-state index in [1.54, 1.807) is 13.8 Å². The maximum Gasteiger partial charge on any atom is 0.308 e. The fraction of sp³-hybridized carbons (Fsp3) is 0.545. The van der Waals surface area contributed by atoms with Gasteiger partial charge in [-0.2, -0.15) is 4.31 Å². The minimum Gasteiger partial charge on any atom is -0.481 e. The summed E-state index contributed by atoms with van der Waals surface area (Å²) in [6, 6.07) is 2.88. The molecule has 0 bridgehead atoms. The van der Waals surface area contributed by atoms with E-state index in [9.17, 15) is 18.3 Å². The Bertz CT molecular complexity index is 561. The first-order valence-corrected chi connectivity index (χ1v) is 7.77. The van der Waals surface area contributed by atoms with Gasteiger partial charge in [0, 0.05) is 11.9 Å². The number of thiophene rings is 1. The van der Waals surface area contributed by atoms with Crippen LogP contribution in [-0.4, -0.2) is 48.1 Å². The van der Waals surface area contributed by atoms with Gasteiger partial charge in [0.25, 0.3) is 10.0 Å². The topological polar surface area (TPSA) is 94.9 Å². The number of carboxylic acids is 1. The van der Waals surface area contributed by atoms with Crippen molar-refractivity contribution in [1.82, 2.24) is 4.31 Å². The molecular weight excluding hydrogens is 290 g/mol. The van der Waals surface area contributed by atoms with Crippen LogP contribution in [0.15, 0.2) is 16.3 Å². The van der Waals surface area contributed by atoms with Gasteiger partial charge in [0.1, 0.15) is 4.21 Å². The van der Waals surface area contributed by atoms with E-state index in [0.29, 0.717) is 4.88 Å². The van der Waals surface area contributed by atoms with Gasteiger partial charge in [-0.25, -0.2) is 8.42 Å². The summed E-state index contributed by atoms with van der Waals surface area (Å²) >= 11 is 0.931. The zero-order valence-electron chi connectivity index (χ0n) is 11.0. The van der Waals surface area contributed by atoms with E-state index in [1.165, 1.54) is 19.2 Å². The Morgan fingerprint density at radius 3 is 2.47 bits per heavy atom. The molecule has 0 radical (unpaired) electrons. The molecule has 0 aliphatic rings. The van der Waals surface area contributed by atoms with E-state index >= 15 is 0 Å². The lowest BCUT2D eigenvalue weighted by Crippen LogP contribution is -2.47. The van der Waals surface area contributed by atoms with Crippen LogP contribution in [-0.2, 0) is 21.2 Å². The Morgan fingerprint density at radius 1 is 1.42 bits per heavy atom. The third kappa shape index (κ3) is 3.53. The Morgan fingerprint density at radius 2 is 2.00 bits per heavy atom. The summed E-state index contributed by atoms with van der Waals surface area (Å²) in [5.41, 5.74) is -0.921. The molecule has 8 heteroatoms. The predicted molar refractivity (Wildman–Crippen MR) is 71.8 cm³/mol. The molecule has 0 amide bonds. The van der Waals surface area contributed by atoms with Crippen molar-refractivity contribution in [1.29, 1.82) is 0 Å². The molecule has 19 heavy (non-hydrogen) atoms. The van der Waals surface area contributed by atoms with E-state index in [4.69, 9.17) is 5.11 Å². The van der Waals surface area contributed by atoms with Crippen LogP contribution in [0.5, 0.6) is 0 Å². The Labute approximate surface area is 116 Å². The largest absolute Gasteiger partial charge is 0.481 e. The lowest BCUT2D eigenvalue weighted by Gasteiger charge is -2.32. The number of carbonyl (C=O) groups is 1. The lowest BCUT2D eigenvalue weighted by molar-refractivity contribution is -0.136. The van der Waals surface area contributed by atoms with Crippen molar-refractivity contribution in [3.63, 3.8) is 0 Å². The average Bonchev–Trinajstić information content (AvgIpc) is 2.76. The van der Waals surface area contributed by atoms with Crippen molar-refractivity contribution >= 4 is 27.3 Å². The number of sulfonamides is 1. The van der Waals surface area contributed by atoms with Crippen LogP contribution in [0.4, 0.5) is 0 Å². The van der Waals surface area contributed by atoms with Gasteiger partial charge in [0.2, 0.25) is 0 Å². The molecule has 1 heterocycles. The third-order valence-electron chi connectivity index (χ3n) is 2.82. The molecule has 2 N–H and O–H groups in total. The molecular formula is C11H17NO5S2. The molecule has 0 saturated heterocycles. The van der Waals surface area contributed by atoms with Crippen molar-refractivity contribution in [2.24, 2.45) is 0 Å². The van der Waals surface area contributed by atoms with Gasteiger partial charge in [-0.15, -0.1) is 11.3 Å². The molecule has 0 atom stereocenters. The summed E-state index contributed by atoms with van der Waals surface area (Å²) in [5.74, 6) is -1.00. The Balaban J connectivity index is 3.07. The number of aliphatic carboxylic acids is 1. The fourth-order valence-corrected chi connectivity index (χ4v) is 4.32. The molecule has 0 saturated carbocycles. The van der Waals surface area contributed by atoms with E-state index in [1.807, 2.05) is 0 Å². The van der Waals surface area contributed by atoms with Crippen LogP contribution in [0.1, 0.15) is 18.7 Å². The first-order chi connectivity index (χ1) is 8.61. The second-order valence-electron chi connectivity index (χ2n) is 4.73. The second-order valence-corrected chi connectivity index (χ2v) is 8.10. The number of carboxylic acid groups (broad SMARTS) is 1. The minimum atomic E-state index is -3.72. The van der Waals surface area contributed by atoms with Crippen molar-refractivity contribution in [3.05, 3.63) is 17.0 Å². The number of nitrogens with zero attached hydrogens (tertiary/aromatic N) is 1. The predicted octanol–water partition coefficient (Wildman–Crippen LogP) is 0.767. The van der Waals surface area contributed by atoms with E-state index in [-0.39, 0.29) is 17.2 Å². The summed E-state index contributed by atoms with van der Waals surface area (Å²) in [6.45, 7) is 2.91. The number of hydrogen-bond donors (Lipinski definition) is 2. The molecule has 1 aromatic heterocycles. The molecule has 1 rings (SSSR count). The number of aliphatic hydroxyl groups excluding tert-OH is 1. The fourth-order valence-electron chi connectivity index (χ4n) is 1.30. The molecule has 0 aliphatic heterocycles. The Kier molecular flexibility index (Phi) is 4.72. The molecule has 0 unspecified atom stereocenters. The summed E-state index contributed by atoms with van der Waals surface area (Å²) < 4.78 is 25.8. The molecule has 1 aromatic rings. The van der Waals surface area contributed by atoms with E-state index in [0.717, 1.165) is 15.6 Å². The number of aliphatic hydroxyl groups is 1. The summed E-state index contributed by atoms with van der Waals surface area (Å²) in [4.78, 5) is 11.1. The van der Waals surface area contributed by atoms with Gasteiger partial charge in [-0.1, -0.05) is 0 Å². The highest BCUT2D eigenvalue weighted by molar-refractivity contribution is 7.91. The second kappa shape index (κ2) is 5.58. The van der Waals surface area contributed by atoms with Crippen LogP contribution in [0.25, 0.3) is 0 Å². The first kappa shape index (κ1) is 16.1. The third-order valence-corrected chi connectivity index (χ3v) is 6.44. The van der Waals surface area contributed by atoms with E-state index in [2.05, 4.69) is 0 Å². The smallest absolute Gasteiger partial charge is 0.308 e. The highest BCUT2D eigenvalue weighted by Crippen LogP contribution is 2.28. The van der Waals surface area contributed by atoms with Crippen molar-refractivity contribution in [2.45, 2.75) is 30.0 Å². The van der Waals surface area contributed by atoms with E-state index < -0.39 is 21.5 Å². The highest BCUT2D eigenvalue weighted by atomic mass is 32.2. The van der Waals surface area contributed by atoms with Gasteiger partial charge in [-0.3, -0.25) is 4.79 Å². The van der Waals surface area contributed by atoms with Gasteiger partial charge in [0.05, 0.1) is 18.6 Å². The zero-order valence-corrected chi connectivity index (χ0v) is 12.6. The standard InChI is InChI=1S/C11H17NO5S2/c1-11(2,7-13)12(3)19(16,17)10-5-4-8(18-10)6-9(14)15/h4-5,13H,6-7H2,1-3H3,(H,14,15). The summed E-state index contributed by atoms with van der Waals surface area (Å²) in [6.07, 6.45) is -0.201. The quantitative estimate of drug-likeness (QED) is 0.809. The summed E-state index contributed by atoms with van der Waals surface area (Å²) in [5, 5.41) is 17.9. The normalized spacial score (nSPS) is 12.9. The number of hydrogen-bond acceptors (Lipinski definition) is 5. The van der Waals surface area contributed by atoms with Crippen LogP contribution >= 0.6 is 11.3 Å². The molecule has 0 fully saturated rings. The zero-order chi connectivity index (χ0) is 14.8. The monoisotopic (exact) mass is 307 g/mol. The van der Waals surface area contributed by atoms with Crippen LogP contribution in [0.2, 0.25) is 0 Å². The first-order valence-electron chi connectivity index (χ1n) is 5.51. The van der Waals surface area contributed by atoms with Crippen molar-refractivity contribution in [2.75, 3.05) is 13.7 Å². The summed E-state index contributed by atoms with van der Waals surface area (Å²) in [7, 11) is -2.33. The lowest BCUT2D eigenvalue weighted by atomic mass is 10.1. The highest BCUT2D eigenvalue weighted by Gasteiger charge is 2.34. The molecule has 0 spiro atoms. The Hall–Kier alpha value is -0.960. The number of rotatable bonds is 6. The van der Waals surface area contributed by atoms with Crippen LogP contribution < -0.4 is 0 Å². The van der Waals surface area contributed by atoms with Gasteiger partial charge in [-0.05, 0) is 26.0 Å². The number of likely N-dealkylation sites (N-methyl/N-ethyl adjacent to an activating group) is 1. The maximum absolute atomic E-state index is 12.3. The van der Waals surface area contributed by atoms with Crippen molar-refractivity contribution in [3.8, 4) is 0 Å². The average molecular weight is 307 g/mol. The molecule has 6 nitrogen and oxygen atoms in total. The van der Waals surface area contributed by atoms with Crippen molar-refractivity contribution < 1.29 is 23.4 Å².